The van der Waals surface area contributed by atoms with Crippen LogP contribution < -0.4 is 5.32 Å². The lowest BCUT2D eigenvalue weighted by Crippen LogP contribution is -2.22. The molecule has 6 heteroatoms. The molecule has 0 aliphatic carbocycles. The minimum Gasteiger partial charge on any atom is -0.502 e. The first-order chi connectivity index (χ1) is 8.03. The average Bonchev–Trinajstić information content (AvgIpc) is 2.31. The smallest absolute Gasteiger partial charge is 0.412 e. The molecule has 0 heterocycles. The van der Waals surface area contributed by atoms with Crippen molar-refractivity contribution in [1.82, 2.24) is 5.32 Å². The summed E-state index contributed by atoms with van der Waals surface area (Å²) in [6.45, 7) is 11.0. The second-order valence-electron chi connectivity index (χ2n) is 2.41. The van der Waals surface area contributed by atoms with E-state index in [1.54, 1.807) is 6.92 Å². The molecule has 0 bridgehead atoms. The highest BCUT2D eigenvalue weighted by atomic mass is 16.6. The molecule has 0 radical (unpaired) electrons. The Morgan fingerprint density at radius 3 is 2.18 bits per heavy atom. The van der Waals surface area contributed by atoms with Gasteiger partial charge in [-0.05, 0) is 20.4 Å². The molecule has 0 aromatic carbocycles. The molecular weight excluding hydrogens is 226 g/mol. The molecule has 6 nitrogen and oxygen atoms in total. The van der Waals surface area contributed by atoms with Gasteiger partial charge in [-0.2, -0.15) is 0 Å². The Morgan fingerprint density at radius 1 is 1.29 bits per heavy atom. The highest BCUT2D eigenvalue weighted by Gasteiger charge is 2.12. The van der Waals surface area contributed by atoms with E-state index in [1.165, 1.54) is 13.3 Å². The van der Waals surface area contributed by atoms with Crippen molar-refractivity contribution >= 4 is 12.1 Å². The molecule has 0 fully saturated rings. The van der Waals surface area contributed by atoms with Crippen molar-refractivity contribution in [2.24, 2.45) is 0 Å². The maximum absolute atomic E-state index is 10.8. The van der Waals surface area contributed by atoms with Gasteiger partial charge in [-0.3, -0.25) is 0 Å². The molecule has 1 N–H and O–H groups in total. The molecule has 17 heavy (non-hydrogen) atoms. The van der Waals surface area contributed by atoms with Gasteiger partial charge < -0.3 is 19.5 Å². The van der Waals surface area contributed by atoms with Crippen LogP contribution in [0.2, 0.25) is 0 Å². The Labute approximate surface area is 101 Å². The van der Waals surface area contributed by atoms with Gasteiger partial charge in [0, 0.05) is 7.05 Å². The monoisotopic (exact) mass is 245 g/mol. The van der Waals surface area contributed by atoms with E-state index >= 15 is 0 Å². The molecule has 0 aliphatic heterocycles. The molecule has 0 atom stereocenters. The van der Waals surface area contributed by atoms with Gasteiger partial charge in [-0.1, -0.05) is 6.58 Å². The van der Waals surface area contributed by atoms with Gasteiger partial charge >= 0.3 is 12.1 Å². The fraction of sp³-hybridized carbons (Fsp3) is 0.455. The quantitative estimate of drug-likeness (QED) is 0.452. The molecular formula is C11H19NO5. The predicted octanol–water partition coefficient (Wildman–Crippen LogP) is 1.59. The molecule has 0 aromatic rings. The van der Waals surface area contributed by atoms with Crippen molar-refractivity contribution in [3.8, 4) is 0 Å². The Balaban J connectivity index is 0. The minimum atomic E-state index is -0.743. The molecule has 98 valence electrons. The van der Waals surface area contributed by atoms with Crippen LogP contribution in [0, 0.1) is 0 Å². The van der Waals surface area contributed by atoms with E-state index in [0.29, 0.717) is 0 Å². The summed E-state index contributed by atoms with van der Waals surface area (Å²) in [4.78, 5) is 21.3. The first kappa shape index (κ1) is 17.4. The van der Waals surface area contributed by atoms with Crippen molar-refractivity contribution in [3.05, 3.63) is 25.2 Å². The lowest BCUT2D eigenvalue weighted by Gasteiger charge is -2.04. The fourth-order valence-electron chi connectivity index (χ4n) is 0.534. The van der Waals surface area contributed by atoms with Gasteiger partial charge in [-0.25, -0.2) is 9.59 Å². The van der Waals surface area contributed by atoms with Crippen LogP contribution in [-0.4, -0.2) is 32.3 Å². The Morgan fingerprint density at radius 2 is 1.88 bits per heavy atom. The van der Waals surface area contributed by atoms with E-state index in [4.69, 9.17) is 0 Å². The largest absolute Gasteiger partial charge is 0.502 e. The van der Waals surface area contributed by atoms with Crippen LogP contribution in [0.15, 0.2) is 25.2 Å². The van der Waals surface area contributed by atoms with Crippen LogP contribution in [0.25, 0.3) is 0 Å². The predicted molar refractivity (Wildman–Crippen MR) is 63.1 cm³/mol. The number of hydrogen-bond acceptors (Lipinski definition) is 5. The number of rotatable bonds is 5. The highest BCUT2D eigenvalue weighted by molar-refractivity contribution is 5.88. The topological polar surface area (TPSA) is 73.9 Å². The normalized spacial score (nSPS) is 7.94. The molecule has 0 aliphatic rings. The van der Waals surface area contributed by atoms with E-state index in [2.05, 4.69) is 32.7 Å². The Hall–Kier alpha value is -1.98. The SMILES string of the molecule is C=C(OC(=O)NC)C(=O)OCC.C=COCC. The minimum absolute atomic E-state index is 0.217. The molecule has 1 amide bonds. The summed E-state index contributed by atoms with van der Waals surface area (Å²) in [5.41, 5.74) is 0. The number of ether oxygens (including phenoxy) is 3. The zero-order chi connectivity index (χ0) is 13.7. The number of nitrogens with one attached hydrogen (secondary N) is 1. The second-order valence-corrected chi connectivity index (χ2v) is 2.41. The first-order valence-electron chi connectivity index (χ1n) is 5.01. The zero-order valence-corrected chi connectivity index (χ0v) is 10.4. The van der Waals surface area contributed by atoms with E-state index < -0.39 is 12.1 Å². The van der Waals surface area contributed by atoms with Crippen LogP contribution in [0.5, 0.6) is 0 Å². The molecule has 0 unspecified atom stereocenters. The van der Waals surface area contributed by atoms with Crippen molar-refractivity contribution < 1.29 is 23.8 Å². The Kier molecular flexibility index (Phi) is 12.4. The van der Waals surface area contributed by atoms with Crippen LogP contribution in [0.4, 0.5) is 4.79 Å². The third-order valence-electron chi connectivity index (χ3n) is 1.21. The van der Waals surface area contributed by atoms with Gasteiger partial charge in [0.1, 0.15) is 0 Å². The molecule has 0 spiro atoms. The summed E-state index contributed by atoms with van der Waals surface area (Å²) in [5, 5.41) is 2.16. The van der Waals surface area contributed by atoms with Crippen molar-refractivity contribution in [2.75, 3.05) is 20.3 Å². The van der Waals surface area contributed by atoms with Gasteiger partial charge in [0.05, 0.1) is 19.5 Å². The van der Waals surface area contributed by atoms with E-state index in [0.717, 1.165) is 6.61 Å². The summed E-state index contributed by atoms with van der Waals surface area (Å²) in [5.74, 6) is -1.06. The van der Waals surface area contributed by atoms with Crippen LogP contribution in [0.1, 0.15) is 13.8 Å². The van der Waals surface area contributed by atoms with Crippen LogP contribution >= 0.6 is 0 Å². The average molecular weight is 245 g/mol. The van der Waals surface area contributed by atoms with Crippen molar-refractivity contribution in [1.29, 1.82) is 0 Å². The first-order valence-corrected chi connectivity index (χ1v) is 5.01. The summed E-state index contributed by atoms with van der Waals surface area (Å²) < 4.78 is 13.5. The Bertz CT molecular complexity index is 263. The molecule has 0 rings (SSSR count). The summed E-state index contributed by atoms with van der Waals surface area (Å²) in [7, 11) is 1.38. The summed E-state index contributed by atoms with van der Waals surface area (Å²) >= 11 is 0. The molecule has 0 saturated heterocycles. The van der Waals surface area contributed by atoms with Gasteiger partial charge in [0.15, 0.2) is 0 Å². The van der Waals surface area contributed by atoms with E-state index in [9.17, 15) is 9.59 Å². The lowest BCUT2D eigenvalue weighted by atomic mass is 10.6. The van der Waals surface area contributed by atoms with Gasteiger partial charge in [-0.15, -0.1) is 0 Å². The number of amides is 1. The third-order valence-corrected chi connectivity index (χ3v) is 1.21. The summed E-state index contributed by atoms with van der Waals surface area (Å²) in [6, 6.07) is 0. The van der Waals surface area contributed by atoms with Crippen LogP contribution in [-0.2, 0) is 19.0 Å². The second kappa shape index (κ2) is 12.1. The van der Waals surface area contributed by atoms with Crippen LogP contribution in [0.3, 0.4) is 0 Å². The number of hydrogen-bond donors (Lipinski definition) is 1. The van der Waals surface area contributed by atoms with Crippen molar-refractivity contribution in [3.63, 3.8) is 0 Å². The highest BCUT2D eigenvalue weighted by Crippen LogP contribution is 1.96. The number of carbonyl (C=O) groups excluding carboxylic acids is 2. The fourth-order valence-corrected chi connectivity index (χ4v) is 0.534. The number of alkyl carbamates (subject to hydrolysis) is 1. The zero-order valence-electron chi connectivity index (χ0n) is 10.4. The number of esters is 1. The van der Waals surface area contributed by atoms with Gasteiger partial charge in [0.25, 0.3) is 0 Å². The maximum Gasteiger partial charge on any atom is 0.412 e. The van der Waals surface area contributed by atoms with E-state index in [1.807, 2.05) is 6.92 Å². The molecule has 0 saturated carbocycles. The lowest BCUT2D eigenvalue weighted by molar-refractivity contribution is -0.141. The number of carbonyl (C=O) groups is 2. The van der Waals surface area contributed by atoms with Crippen molar-refractivity contribution in [2.45, 2.75) is 13.8 Å². The third kappa shape index (κ3) is 11.9. The van der Waals surface area contributed by atoms with E-state index in [-0.39, 0.29) is 12.4 Å². The molecule has 0 aromatic heterocycles. The van der Waals surface area contributed by atoms with Gasteiger partial charge in [0.2, 0.25) is 5.76 Å². The standard InChI is InChI=1S/C7H11NO4.C4H8O/c1-4-11-6(9)5(2)12-7(10)8-3;1-3-5-4-2/h2,4H2,1,3H3,(H,8,10);3H,1,4H2,2H3. The maximum atomic E-state index is 10.8. The summed E-state index contributed by atoms with van der Waals surface area (Å²) in [6.07, 6.45) is 0.688.